The van der Waals surface area contributed by atoms with Crippen molar-refractivity contribution >= 4 is 22.0 Å². The highest BCUT2D eigenvalue weighted by molar-refractivity contribution is 9.10. The summed E-state index contributed by atoms with van der Waals surface area (Å²) >= 11 is 3.52. The molecule has 88 valence electrons. The van der Waals surface area contributed by atoms with E-state index in [1.54, 1.807) is 0 Å². The van der Waals surface area contributed by atoms with Crippen LogP contribution in [-0.4, -0.2) is 13.1 Å². The molecule has 0 heterocycles. The van der Waals surface area contributed by atoms with Gasteiger partial charge in [0.15, 0.2) is 0 Å². The Labute approximate surface area is 107 Å². The minimum atomic E-state index is 0.988. The van der Waals surface area contributed by atoms with Gasteiger partial charge in [-0.05, 0) is 37.1 Å². The smallest absolute Gasteiger partial charge is 0.0204 e. The standard InChI is InChI=1S/C14H20BrN/c1-4-12(10-16-5-2)9-13-6-7-14(15)11(3)8-13/h6-9,16H,4-5,10H2,1-3H3. The highest BCUT2D eigenvalue weighted by Crippen LogP contribution is 2.19. The van der Waals surface area contributed by atoms with Gasteiger partial charge in [0.2, 0.25) is 0 Å². The molecule has 0 aliphatic heterocycles. The molecule has 2 heteroatoms. The average Bonchev–Trinajstić information content (AvgIpc) is 2.29. The van der Waals surface area contributed by atoms with Crippen molar-refractivity contribution in [2.45, 2.75) is 27.2 Å². The van der Waals surface area contributed by atoms with Gasteiger partial charge in [-0.15, -0.1) is 0 Å². The Morgan fingerprint density at radius 1 is 1.38 bits per heavy atom. The lowest BCUT2D eigenvalue weighted by atomic mass is 10.1. The van der Waals surface area contributed by atoms with Crippen LogP contribution in [0, 0.1) is 6.92 Å². The Morgan fingerprint density at radius 3 is 2.69 bits per heavy atom. The fourth-order valence-corrected chi connectivity index (χ4v) is 1.80. The third-order valence-electron chi connectivity index (χ3n) is 2.61. The molecule has 0 aromatic heterocycles. The van der Waals surface area contributed by atoms with E-state index < -0.39 is 0 Å². The second-order valence-electron chi connectivity index (χ2n) is 3.95. The lowest BCUT2D eigenvalue weighted by molar-refractivity contribution is 0.762. The predicted molar refractivity (Wildman–Crippen MR) is 75.7 cm³/mol. The van der Waals surface area contributed by atoms with Gasteiger partial charge in [0.25, 0.3) is 0 Å². The summed E-state index contributed by atoms with van der Waals surface area (Å²) in [6.45, 7) is 8.47. The first kappa shape index (κ1) is 13.5. The van der Waals surface area contributed by atoms with Crippen LogP contribution in [0.1, 0.15) is 31.4 Å². The van der Waals surface area contributed by atoms with E-state index >= 15 is 0 Å². The van der Waals surface area contributed by atoms with E-state index in [1.807, 2.05) is 0 Å². The van der Waals surface area contributed by atoms with Crippen LogP contribution in [0.15, 0.2) is 28.2 Å². The van der Waals surface area contributed by atoms with Gasteiger partial charge >= 0.3 is 0 Å². The Hall–Kier alpha value is -0.600. The van der Waals surface area contributed by atoms with Gasteiger partial charge in [-0.1, -0.05) is 53.6 Å². The van der Waals surface area contributed by atoms with Gasteiger partial charge in [-0.2, -0.15) is 0 Å². The van der Waals surface area contributed by atoms with Crippen molar-refractivity contribution in [1.82, 2.24) is 5.32 Å². The maximum absolute atomic E-state index is 3.52. The van der Waals surface area contributed by atoms with Crippen LogP contribution in [0.5, 0.6) is 0 Å². The fourth-order valence-electron chi connectivity index (χ4n) is 1.56. The summed E-state index contributed by atoms with van der Waals surface area (Å²) in [4.78, 5) is 0. The molecule has 1 N–H and O–H groups in total. The van der Waals surface area contributed by atoms with Crippen molar-refractivity contribution in [3.05, 3.63) is 39.4 Å². The number of hydrogen-bond acceptors (Lipinski definition) is 1. The first-order valence-corrected chi connectivity index (χ1v) is 6.63. The molecule has 16 heavy (non-hydrogen) atoms. The number of aryl methyl sites for hydroxylation is 1. The van der Waals surface area contributed by atoms with E-state index in [4.69, 9.17) is 0 Å². The zero-order valence-electron chi connectivity index (χ0n) is 10.3. The number of rotatable bonds is 5. The van der Waals surface area contributed by atoms with Crippen molar-refractivity contribution in [2.24, 2.45) is 0 Å². The Bertz CT molecular complexity index is 369. The van der Waals surface area contributed by atoms with Gasteiger partial charge < -0.3 is 5.32 Å². The van der Waals surface area contributed by atoms with Gasteiger partial charge in [-0.3, -0.25) is 0 Å². The van der Waals surface area contributed by atoms with Crippen molar-refractivity contribution in [2.75, 3.05) is 13.1 Å². The Kier molecular flexibility index (Phi) is 5.78. The van der Waals surface area contributed by atoms with Crippen LogP contribution in [-0.2, 0) is 0 Å². The second-order valence-corrected chi connectivity index (χ2v) is 4.80. The molecule has 0 amide bonds. The molecule has 0 unspecified atom stereocenters. The molecule has 1 nitrogen and oxygen atoms in total. The molecular weight excluding hydrogens is 262 g/mol. The minimum Gasteiger partial charge on any atom is -0.313 e. The third kappa shape index (κ3) is 4.11. The van der Waals surface area contributed by atoms with E-state index in [0.29, 0.717) is 0 Å². The topological polar surface area (TPSA) is 12.0 Å². The van der Waals surface area contributed by atoms with Crippen molar-refractivity contribution in [1.29, 1.82) is 0 Å². The highest BCUT2D eigenvalue weighted by Gasteiger charge is 1.97. The van der Waals surface area contributed by atoms with Gasteiger partial charge in [0.05, 0.1) is 0 Å². The molecule has 1 aromatic rings. The molecular formula is C14H20BrN. The average molecular weight is 282 g/mol. The summed E-state index contributed by atoms with van der Waals surface area (Å²) in [5.74, 6) is 0. The SMILES string of the molecule is CCNCC(=Cc1ccc(Br)c(C)c1)CC. The van der Waals surface area contributed by atoms with Gasteiger partial charge in [-0.25, -0.2) is 0 Å². The zero-order valence-corrected chi connectivity index (χ0v) is 11.9. The molecule has 1 rings (SSSR count). The molecule has 1 aromatic carbocycles. The summed E-state index contributed by atoms with van der Waals surface area (Å²) in [6.07, 6.45) is 3.38. The monoisotopic (exact) mass is 281 g/mol. The number of hydrogen-bond donors (Lipinski definition) is 1. The largest absolute Gasteiger partial charge is 0.313 e. The molecule has 0 aliphatic rings. The van der Waals surface area contributed by atoms with Crippen molar-refractivity contribution in [3.63, 3.8) is 0 Å². The molecule has 0 aliphatic carbocycles. The molecule has 0 spiro atoms. The zero-order chi connectivity index (χ0) is 12.0. The first-order valence-electron chi connectivity index (χ1n) is 5.83. The number of benzene rings is 1. The number of halogens is 1. The summed E-state index contributed by atoms with van der Waals surface area (Å²) in [6, 6.07) is 6.48. The van der Waals surface area contributed by atoms with Crippen LogP contribution in [0.4, 0.5) is 0 Å². The minimum absolute atomic E-state index is 0.988. The van der Waals surface area contributed by atoms with Gasteiger partial charge in [0.1, 0.15) is 0 Å². The maximum atomic E-state index is 3.52. The molecule has 0 saturated heterocycles. The van der Waals surface area contributed by atoms with Crippen LogP contribution in [0.3, 0.4) is 0 Å². The van der Waals surface area contributed by atoms with Crippen LogP contribution in [0.2, 0.25) is 0 Å². The Balaban J connectivity index is 2.82. The number of likely N-dealkylation sites (N-methyl/N-ethyl adjacent to an activating group) is 1. The van der Waals surface area contributed by atoms with Crippen LogP contribution >= 0.6 is 15.9 Å². The predicted octanol–water partition coefficient (Wildman–Crippen LogP) is 4.16. The molecule has 0 fully saturated rings. The lowest BCUT2D eigenvalue weighted by Crippen LogP contribution is -2.15. The summed E-state index contributed by atoms with van der Waals surface area (Å²) in [7, 11) is 0. The normalized spacial score (nSPS) is 11.9. The highest BCUT2D eigenvalue weighted by atomic mass is 79.9. The van der Waals surface area contributed by atoms with E-state index in [9.17, 15) is 0 Å². The fraction of sp³-hybridized carbons (Fsp3) is 0.429. The molecule has 0 saturated carbocycles. The Morgan fingerprint density at radius 2 is 2.12 bits per heavy atom. The lowest BCUT2D eigenvalue weighted by Gasteiger charge is -2.06. The van der Waals surface area contributed by atoms with E-state index in [0.717, 1.165) is 19.5 Å². The quantitative estimate of drug-likeness (QED) is 0.855. The summed E-state index contributed by atoms with van der Waals surface area (Å²) in [5.41, 5.74) is 4.02. The third-order valence-corrected chi connectivity index (χ3v) is 3.50. The molecule has 0 bridgehead atoms. The summed E-state index contributed by atoms with van der Waals surface area (Å²) in [5, 5.41) is 3.37. The van der Waals surface area contributed by atoms with Crippen molar-refractivity contribution < 1.29 is 0 Å². The van der Waals surface area contributed by atoms with E-state index in [1.165, 1.54) is 21.2 Å². The second kappa shape index (κ2) is 6.87. The number of nitrogens with one attached hydrogen (secondary N) is 1. The van der Waals surface area contributed by atoms with E-state index in [2.05, 4.69) is 66.3 Å². The van der Waals surface area contributed by atoms with Crippen molar-refractivity contribution in [3.8, 4) is 0 Å². The molecule has 0 atom stereocenters. The van der Waals surface area contributed by atoms with Crippen LogP contribution < -0.4 is 5.32 Å². The maximum Gasteiger partial charge on any atom is 0.0204 e. The van der Waals surface area contributed by atoms with Gasteiger partial charge in [0, 0.05) is 11.0 Å². The van der Waals surface area contributed by atoms with E-state index in [-0.39, 0.29) is 0 Å². The van der Waals surface area contributed by atoms with Crippen LogP contribution in [0.25, 0.3) is 6.08 Å². The molecule has 0 radical (unpaired) electrons. The first-order chi connectivity index (χ1) is 7.67. The summed E-state index contributed by atoms with van der Waals surface area (Å²) < 4.78 is 1.18.